The van der Waals surface area contributed by atoms with Crippen LogP contribution in [0.4, 0.5) is 5.69 Å². The number of hydrogen-bond acceptors (Lipinski definition) is 4. The van der Waals surface area contributed by atoms with Gasteiger partial charge in [-0.05, 0) is 55.3 Å². The minimum atomic E-state index is -0.182. The van der Waals surface area contributed by atoms with Crippen LogP contribution in [0.5, 0.6) is 0 Å². The summed E-state index contributed by atoms with van der Waals surface area (Å²) in [5.41, 5.74) is 4.61. The maximum atomic E-state index is 12.7. The maximum Gasteiger partial charge on any atom is 0.248 e. The van der Waals surface area contributed by atoms with Gasteiger partial charge in [0.2, 0.25) is 17.7 Å². The number of benzene rings is 3. The fourth-order valence-electron chi connectivity index (χ4n) is 3.34. The molecule has 5 heteroatoms. The number of aromatic nitrogens is 2. The van der Waals surface area contributed by atoms with Crippen LogP contribution in [0.3, 0.4) is 0 Å². The van der Waals surface area contributed by atoms with Crippen LogP contribution in [0.25, 0.3) is 22.9 Å². The fraction of sp³-hybridized carbons (Fsp3) is 0.160. The summed E-state index contributed by atoms with van der Waals surface area (Å²) < 4.78 is 5.82. The Morgan fingerprint density at radius 2 is 1.43 bits per heavy atom. The van der Waals surface area contributed by atoms with Gasteiger partial charge in [0.1, 0.15) is 0 Å². The number of aryl methyl sites for hydroxylation is 1. The molecule has 5 nitrogen and oxygen atoms in total. The minimum absolute atomic E-state index is 0.0177. The Bertz CT molecular complexity index is 1120. The topological polar surface area (TPSA) is 68.0 Å². The van der Waals surface area contributed by atoms with E-state index in [1.54, 1.807) is 0 Å². The lowest BCUT2D eigenvalue weighted by Gasteiger charge is -2.15. The molecule has 1 aromatic heterocycles. The third kappa shape index (κ3) is 4.30. The zero-order chi connectivity index (χ0) is 20.9. The number of carbonyl (C=O) groups excluding carboxylic acids is 1. The molecule has 0 saturated carbocycles. The lowest BCUT2D eigenvalue weighted by atomic mass is 9.95. The molecule has 0 radical (unpaired) electrons. The van der Waals surface area contributed by atoms with E-state index >= 15 is 0 Å². The van der Waals surface area contributed by atoms with Gasteiger partial charge in [0, 0.05) is 16.8 Å². The summed E-state index contributed by atoms with van der Waals surface area (Å²) in [6, 6.07) is 25.2. The van der Waals surface area contributed by atoms with Gasteiger partial charge in [0.05, 0.1) is 5.92 Å². The van der Waals surface area contributed by atoms with Gasteiger partial charge in [-0.25, -0.2) is 0 Å². The van der Waals surface area contributed by atoms with Crippen molar-refractivity contribution in [1.82, 2.24) is 10.2 Å². The average Bonchev–Trinajstić information content (AvgIpc) is 3.26. The molecule has 0 aliphatic heterocycles. The van der Waals surface area contributed by atoms with E-state index in [0.29, 0.717) is 11.8 Å². The summed E-state index contributed by atoms with van der Waals surface area (Å²) in [4.78, 5) is 12.7. The van der Waals surface area contributed by atoms with Crippen LogP contribution in [0, 0.1) is 6.92 Å². The van der Waals surface area contributed by atoms with Crippen molar-refractivity contribution >= 4 is 11.6 Å². The quantitative estimate of drug-likeness (QED) is 0.443. The monoisotopic (exact) mass is 397 g/mol. The van der Waals surface area contributed by atoms with Crippen LogP contribution in [0.15, 0.2) is 83.3 Å². The van der Waals surface area contributed by atoms with Gasteiger partial charge in [0.15, 0.2) is 0 Å². The fourth-order valence-corrected chi connectivity index (χ4v) is 3.34. The Morgan fingerprint density at radius 3 is 2.00 bits per heavy atom. The van der Waals surface area contributed by atoms with Crippen molar-refractivity contribution in [1.29, 1.82) is 0 Å². The van der Waals surface area contributed by atoms with Crippen LogP contribution in [0.1, 0.15) is 30.4 Å². The first kappa shape index (κ1) is 19.6. The molecular formula is C25H23N3O2. The van der Waals surface area contributed by atoms with E-state index < -0.39 is 0 Å². The molecule has 0 saturated heterocycles. The highest BCUT2D eigenvalue weighted by Crippen LogP contribution is 2.26. The van der Waals surface area contributed by atoms with E-state index in [0.717, 1.165) is 28.8 Å². The molecule has 0 unspecified atom stereocenters. The van der Waals surface area contributed by atoms with Gasteiger partial charge in [0.25, 0.3) is 0 Å². The number of nitrogens with zero attached hydrogens (tertiary/aromatic N) is 2. The van der Waals surface area contributed by atoms with Crippen LogP contribution < -0.4 is 5.32 Å². The summed E-state index contributed by atoms with van der Waals surface area (Å²) in [6.07, 6.45) is 0.734. The van der Waals surface area contributed by atoms with E-state index in [1.807, 2.05) is 92.7 Å². The number of rotatable bonds is 6. The zero-order valence-corrected chi connectivity index (χ0v) is 17.0. The van der Waals surface area contributed by atoms with Crippen molar-refractivity contribution in [2.45, 2.75) is 26.2 Å². The summed E-state index contributed by atoms with van der Waals surface area (Å²) in [7, 11) is 0. The van der Waals surface area contributed by atoms with Crippen LogP contribution in [-0.2, 0) is 4.79 Å². The van der Waals surface area contributed by atoms with Crippen molar-refractivity contribution < 1.29 is 9.21 Å². The van der Waals surface area contributed by atoms with Gasteiger partial charge < -0.3 is 9.73 Å². The summed E-state index contributed by atoms with van der Waals surface area (Å²) in [5.74, 6) is 0.727. The zero-order valence-electron chi connectivity index (χ0n) is 17.0. The highest BCUT2D eigenvalue weighted by Gasteiger charge is 2.18. The number of amides is 1. The predicted octanol–water partition coefficient (Wildman–Crippen LogP) is 5.84. The largest absolute Gasteiger partial charge is 0.416 e. The third-order valence-corrected chi connectivity index (χ3v) is 5.05. The molecule has 1 atom stereocenters. The lowest BCUT2D eigenvalue weighted by molar-refractivity contribution is -0.117. The number of nitrogens with one attached hydrogen (secondary N) is 1. The smallest absolute Gasteiger partial charge is 0.248 e. The van der Waals surface area contributed by atoms with E-state index in [9.17, 15) is 4.79 Å². The summed E-state index contributed by atoms with van der Waals surface area (Å²) in [6.45, 7) is 4.05. The highest BCUT2D eigenvalue weighted by molar-refractivity contribution is 5.96. The molecule has 0 aliphatic carbocycles. The lowest BCUT2D eigenvalue weighted by Crippen LogP contribution is -2.20. The van der Waals surface area contributed by atoms with Crippen LogP contribution >= 0.6 is 0 Å². The first-order valence-corrected chi connectivity index (χ1v) is 10.0. The molecule has 150 valence electrons. The van der Waals surface area contributed by atoms with Crippen molar-refractivity contribution in [2.75, 3.05) is 5.32 Å². The second-order valence-electron chi connectivity index (χ2n) is 7.22. The van der Waals surface area contributed by atoms with Gasteiger partial charge in [-0.2, -0.15) is 0 Å². The molecule has 0 bridgehead atoms. The second-order valence-corrected chi connectivity index (χ2v) is 7.22. The normalized spacial score (nSPS) is 11.8. The first-order chi connectivity index (χ1) is 14.6. The maximum absolute atomic E-state index is 12.7. The van der Waals surface area contributed by atoms with E-state index in [1.165, 1.54) is 5.56 Å². The minimum Gasteiger partial charge on any atom is -0.416 e. The van der Waals surface area contributed by atoms with E-state index in [2.05, 4.69) is 15.5 Å². The highest BCUT2D eigenvalue weighted by atomic mass is 16.4. The van der Waals surface area contributed by atoms with Crippen molar-refractivity contribution in [3.05, 3.63) is 90.0 Å². The van der Waals surface area contributed by atoms with Crippen molar-refractivity contribution in [3.63, 3.8) is 0 Å². The van der Waals surface area contributed by atoms with Gasteiger partial charge in [-0.3, -0.25) is 4.79 Å². The third-order valence-electron chi connectivity index (χ3n) is 5.05. The van der Waals surface area contributed by atoms with Gasteiger partial charge in [-0.15, -0.1) is 10.2 Å². The standard InChI is InChI=1S/C25H23N3O2/c1-3-22(18-7-5-4-6-8-18)23(29)26-21-15-13-20(14-16-21)25-28-27-24(30-25)19-11-9-17(2)10-12-19/h4-16,22H,3H2,1-2H3,(H,26,29)/t22-/m1/s1. The van der Waals surface area contributed by atoms with Crippen molar-refractivity contribution in [2.24, 2.45) is 0 Å². The molecular weight excluding hydrogens is 374 g/mol. The Labute approximate surface area is 175 Å². The van der Waals surface area contributed by atoms with Crippen molar-refractivity contribution in [3.8, 4) is 22.9 Å². The Kier molecular flexibility index (Phi) is 5.70. The predicted molar refractivity (Wildman–Crippen MR) is 118 cm³/mol. The molecule has 4 aromatic rings. The number of hydrogen-bond donors (Lipinski definition) is 1. The molecule has 1 amide bonds. The molecule has 0 spiro atoms. The van der Waals surface area contributed by atoms with Gasteiger partial charge >= 0.3 is 0 Å². The van der Waals surface area contributed by atoms with Gasteiger partial charge in [-0.1, -0.05) is 55.0 Å². The van der Waals surface area contributed by atoms with Crippen LogP contribution in [0.2, 0.25) is 0 Å². The Morgan fingerprint density at radius 1 is 0.867 bits per heavy atom. The molecule has 1 heterocycles. The van der Waals surface area contributed by atoms with E-state index in [-0.39, 0.29) is 11.8 Å². The van der Waals surface area contributed by atoms with E-state index in [4.69, 9.17) is 4.42 Å². The molecule has 0 fully saturated rings. The molecule has 0 aliphatic rings. The molecule has 30 heavy (non-hydrogen) atoms. The molecule has 3 aromatic carbocycles. The molecule has 1 N–H and O–H groups in total. The Hall–Kier alpha value is -3.73. The summed E-state index contributed by atoms with van der Waals surface area (Å²) in [5, 5.41) is 11.3. The SMILES string of the molecule is CC[C@@H](C(=O)Nc1ccc(-c2nnc(-c3ccc(C)cc3)o2)cc1)c1ccccc1. The van der Waals surface area contributed by atoms with Crippen LogP contribution in [-0.4, -0.2) is 16.1 Å². The number of carbonyl (C=O) groups is 1. The number of anilines is 1. The Balaban J connectivity index is 1.47. The molecule has 4 rings (SSSR count). The first-order valence-electron chi connectivity index (χ1n) is 10.0. The summed E-state index contributed by atoms with van der Waals surface area (Å²) >= 11 is 0. The average molecular weight is 397 g/mol. The second kappa shape index (κ2) is 8.74.